The first-order chi connectivity index (χ1) is 8.90. The average molecular weight is 324 g/mol. The number of aromatic nitrogens is 3. The molecule has 19 heavy (non-hydrogen) atoms. The van der Waals surface area contributed by atoms with E-state index in [0.717, 1.165) is 15.7 Å². The van der Waals surface area contributed by atoms with Gasteiger partial charge in [0.2, 0.25) is 0 Å². The quantitative estimate of drug-likeness (QED) is 0.942. The van der Waals surface area contributed by atoms with Gasteiger partial charge in [-0.05, 0) is 30.7 Å². The molecule has 0 aliphatic carbocycles. The van der Waals surface area contributed by atoms with E-state index in [1.165, 1.54) is 0 Å². The van der Waals surface area contributed by atoms with Crippen LogP contribution in [0.1, 0.15) is 41.8 Å². The van der Waals surface area contributed by atoms with Gasteiger partial charge in [-0.25, -0.2) is 14.5 Å². The number of nitrogens with zero attached hydrogens (tertiary/aromatic N) is 3. The van der Waals surface area contributed by atoms with Crippen LogP contribution in [0.25, 0.3) is 5.69 Å². The maximum Gasteiger partial charge on any atom is 0.375 e. The van der Waals surface area contributed by atoms with Crippen molar-refractivity contribution in [3.8, 4) is 5.69 Å². The molecule has 0 aliphatic heterocycles. The Hall–Kier alpha value is -1.69. The van der Waals surface area contributed by atoms with E-state index in [2.05, 4.69) is 26.0 Å². The molecule has 6 heteroatoms. The van der Waals surface area contributed by atoms with Crippen molar-refractivity contribution >= 4 is 21.9 Å². The van der Waals surface area contributed by atoms with Crippen molar-refractivity contribution in [1.82, 2.24) is 14.8 Å². The number of rotatable bonds is 3. The van der Waals surface area contributed by atoms with Crippen molar-refractivity contribution in [2.45, 2.75) is 26.7 Å². The lowest BCUT2D eigenvalue weighted by atomic mass is 10.1. The molecule has 1 aromatic heterocycles. The lowest BCUT2D eigenvalue weighted by Gasteiger charge is -2.10. The van der Waals surface area contributed by atoms with E-state index in [1.54, 1.807) is 4.68 Å². The Balaban J connectivity index is 2.63. The van der Waals surface area contributed by atoms with Gasteiger partial charge in [0.1, 0.15) is 5.82 Å². The molecular formula is C13H14BrN3O2. The lowest BCUT2D eigenvalue weighted by Crippen LogP contribution is -2.06. The fourth-order valence-corrected chi connectivity index (χ4v) is 2.30. The Morgan fingerprint density at radius 3 is 2.63 bits per heavy atom. The molecular weight excluding hydrogens is 310 g/mol. The summed E-state index contributed by atoms with van der Waals surface area (Å²) < 4.78 is 2.58. The third kappa shape index (κ3) is 2.68. The summed E-state index contributed by atoms with van der Waals surface area (Å²) in [5.41, 5.74) is 1.84. The van der Waals surface area contributed by atoms with Crippen LogP contribution in [0.2, 0.25) is 0 Å². The van der Waals surface area contributed by atoms with Gasteiger partial charge in [-0.15, -0.1) is 5.10 Å². The zero-order valence-corrected chi connectivity index (χ0v) is 12.5. The van der Waals surface area contributed by atoms with E-state index in [1.807, 2.05) is 39.0 Å². The summed E-state index contributed by atoms with van der Waals surface area (Å²) in [6.45, 7) is 5.87. The van der Waals surface area contributed by atoms with Crippen LogP contribution in [0.4, 0.5) is 0 Å². The van der Waals surface area contributed by atoms with E-state index in [4.69, 9.17) is 5.11 Å². The van der Waals surface area contributed by atoms with Crippen molar-refractivity contribution in [3.63, 3.8) is 0 Å². The van der Waals surface area contributed by atoms with Crippen LogP contribution in [0.3, 0.4) is 0 Å². The number of halogens is 1. The van der Waals surface area contributed by atoms with Crippen LogP contribution >= 0.6 is 15.9 Å². The van der Waals surface area contributed by atoms with Crippen LogP contribution in [0.15, 0.2) is 22.7 Å². The molecule has 0 amide bonds. The number of benzene rings is 1. The minimum atomic E-state index is -1.12. The zero-order valence-electron chi connectivity index (χ0n) is 10.9. The monoisotopic (exact) mass is 323 g/mol. The second-order valence-corrected chi connectivity index (χ2v) is 5.51. The Morgan fingerprint density at radius 2 is 2.11 bits per heavy atom. The molecule has 0 unspecified atom stereocenters. The van der Waals surface area contributed by atoms with E-state index in [-0.39, 0.29) is 11.7 Å². The van der Waals surface area contributed by atoms with Gasteiger partial charge in [0.25, 0.3) is 5.82 Å². The lowest BCUT2D eigenvalue weighted by molar-refractivity contribution is 0.0683. The van der Waals surface area contributed by atoms with Crippen molar-refractivity contribution in [3.05, 3.63) is 39.9 Å². The largest absolute Gasteiger partial charge is 0.475 e. The van der Waals surface area contributed by atoms with Crippen molar-refractivity contribution in [2.24, 2.45) is 0 Å². The number of carboxylic acids is 1. The Morgan fingerprint density at radius 1 is 1.42 bits per heavy atom. The number of hydrogen-bond donors (Lipinski definition) is 1. The summed E-state index contributed by atoms with van der Waals surface area (Å²) >= 11 is 3.41. The summed E-state index contributed by atoms with van der Waals surface area (Å²) in [5.74, 6) is -0.562. The number of aryl methyl sites for hydroxylation is 1. The molecule has 0 aliphatic rings. The van der Waals surface area contributed by atoms with E-state index in [9.17, 15) is 4.79 Å². The van der Waals surface area contributed by atoms with Gasteiger partial charge in [0.05, 0.1) is 5.69 Å². The molecule has 0 spiro atoms. The standard InChI is InChI=1S/C13H14BrN3O2/c1-7(2)12-15-11(13(18)19)16-17(12)10-5-4-9(14)6-8(10)3/h4-7H,1-3H3,(H,18,19). The van der Waals surface area contributed by atoms with Crippen molar-refractivity contribution < 1.29 is 9.90 Å². The first-order valence-electron chi connectivity index (χ1n) is 5.87. The molecule has 2 aromatic rings. The molecule has 0 bridgehead atoms. The van der Waals surface area contributed by atoms with E-state index >= 15 is 0 Å². The second kappa shape index (κ2) is 5.13. The molecule has 1 aromatic carbocycles. The van der Waals surface area contributed by atoms with Gasteiger partial charge < -0.3 is 5.11 Å². The highest BCUT2D eigenvalue weighted by Crippen LogP contribution is 2.22. The van der Waals surface area contributed by atoms with E-state index < -0.39 is 5.97 Å². The van der Waals surface area contributed by atoms with Crippen LogP contribution in [0, 0.1) is 6.92 Å². The molecule has 2 rings (SSSR count). The average Bonchev–Trinajstić information content (AvgIpc) is 2.73. The Kier molecular flexibility index (Phi) is 3.71. The van der Waals surface area contributed by atoms with Crippen LogP contribution < -0.4 is 0 Å². The third-order valence-corrected chi connectivity index (χ3v) is 3.22. The normalized spacial score (nSPS) is 11.0. The van der Waals surface area contributed by atoms with Crippen LogP contribution in [-0.2, 0) is 0 Å². The molecule has 1 heterocycles. The predicted octanol–water partition coefficient (Wildman–Crippen LogP) is 3.16. The highest BCUT2D eigenvalue weighted by atomic mass is 79.9. The van der Waals surface area contributed by atoms with Gasteiger partial charge in [0.15, 0.2) is 0 Å². The summed E-state index contributed by atoms with van der Waals surface area (Å²) in [7, 11) is 0. The molecule has 1 N–H and O–H groups in total. The van der Waals surface area contributed by atoms with Gasteiger partial charge in [-0.3, -0.25) is 0 Å². The number of carboxylic acid groups (broad SMARTS) is 1. The predicted molar refractivity (Wildman–Crippen MR) is 74.8 cm³/mol. The number of aromatic carboxylic acids is 1. The minimum Gasteiger partial charge on any atom is -0.475 e. The van der Waals surface area contributed by atoms with Gasteiger partial charge in [-0.1, -0.05) is 29.8 Å². The summed E-state index contributed by atoms with van der Waals surface area (Å²) in [5, 5.41) is 13.1. The first kappa shape index (κ1) is 13.7. The van der Waals surface area contributed by atoms with Gasteiger partial charge in [-0.2, -0.15) is 0 Å². The molecule has 100 valence electrons. The SMILES string of the molecule is Cc1cc(Br)ccc1-n1nc(C(=O)O)nc1C(C)C. The fourth-order valence-electron chi connectivity index (χ4n) is 1.82. The maximum absolute atomic E-state index is 11.0. The Bertz CT molecular complexity index is 635. The summed E-state index contributed by atoms with van der Waals surface area (Å²) in [4.78, 5) is 15.1. The van der Waals surface area contributed by atoms with Crippen LogP contribution in [0.5, 0.6) is 0 Å². The van der Waals surface area contributed by atoms with E-state index in [0.29, 0.717) is 5.82 Å². The third-order valence-electron chi connectivity index (χ3n) is 2.73. The maximum atomic E-state index is 11.0. The number of carbonyl (C=O) groups is 1. The first-order valence-corrected chi connectivity index (χ1v) is 6.66. The zero-order chi connectivity index (χ0) is 14.2. The van der Waals surface area contributed by atoms with Crippen molar-refractivity contribution in [2.75, 3.05) is 0 Å². The molecule has 0 atom stereocenters. The molecule has 0 fully saturated rings. The highest BCUT2D eigenvalue weighted by molar-refractivity contribution is 9.10. The topological polar surface area (TPSA) is 68.0 Å². The smallest absolute Gasteiger partial charge is 0.375 e. The molecule has 5 nitrogen and oxygen atoms in total. The molecule has 0 radical (unpaired) electrons. The minimum absolute atomic E-state index is 0.0867. The van der Waals surface area contributed by atoms with Crippen LogP contribution in [-0.4, -0.2) is 25.8 Å². The van der Waals surface area contributed by atoms with Gasteiger partial charge in [0, 0.05) is 10.4 Å². The molecule has 0 saturated heterocycles. The summed E-state index contributed by atoms with van der Waals surface area (Å²) in [6, 6.07) is 5.75. The Labute approximate surface area is 119 Å². The fraction of sp³-hybridized carbons (Fsp3) is 0.308. The van der Waals surface area contributed by atoms with Crippen molar-refractivity contribution in [1.29, 1.82) is 0 Å². The second-order valence-electron chi connectivity index (χ2n) is 4.60. The molecule has 0 saturated carbocycles. The summed E-state index contributed by atoms with van der Waals surface area (Å²) in [6.07, 6.45) is 0. The van der Waals surface area contributed by atoms with Gasteiger partial charge >= 0.3 is 5.97 Å². The number of hydrogen-bond acceptors (Lipinski definition) is 3. The highest BCUT2D eigenvalue weighted by Gasteiger charge is 2.19.